The molecule has 1 N–H and O–H groups in total. The van der Waals surface area contributed by atoms with E-state index in [2.05, 4.69) is 11.9 Å². The molecule has 1 heterocycles. The Labute approximate surface area is 89.3 Å². The molecule has 0 atom stereocenters. The molecule has 0 saturated heterocycles. The predicted octanol–water partition coefficient (Wildman–Crippen LogP) is 4.04. The second-order valence-electron chi connectivity index (χ2n) is 3.98. The highest BCUT2D eigenvalue weighted by Gasteiger charge is 2.01. The Hall–Kier alpha value is -1.31. The van der Waals surface area contributed by atoms with Gasteiger partial charge in [-0.05, 0) is 37.1 Å². The summed E-state index contributed by atoms with van der Waals surface area (Å²) in [5, 5.41) is 0.974. The van der Waals surface area contributed by atoms with E-state index in [1.165, 1.54) is 31.0 Å². The summed E-state index contributed by atoms with van der Waals surface area (Å²) in [4.78, 5) is 3.32. The maximum atomic E-state index is 12.9. The second-order valence-corrected chi connectivity index (χ2v) is 3.98. The minimum absolute atomic E-state index is 0.165. The minimum atomic E-state index is -0.165. The monoisotopic (exact) mass is 205 g/mol. The molecule has 0 bridgehead atoms. The molecule has 0 amide bonds. The van der Waals surface area contributed by atoms with Crippen LogP contribution in [0.4, 0.5) is 4.39 Å². The van der Waals surface area contributed by atoms with E-state index < -0.39 is 0 Å². The molecular formula is C13H16FN. The van der Waals surface area contributed by atoms with Crippen LogP contribution in [-0.2, 0) is 6.42 Å². The zero-order valence-electron chi connectivity index (χ0n) is 9.02. The third-order valence-corrected chi connectivity index (χ3v) is 2.69. The van der Waals surface area contributed by atoms with Crippen LogP contribution in [0, 0.1) is 5.82 Å². The van der Waals surface area contributed by atoms with Crippen molar-refractivity contribution in [2.75, 3.05) is 0 Å². The number of aromatic nitrogens is 1. The zero-order valence-corrected chi connectivity index (χ0v) is 9.02. The number of nitrogens with one attached hydrogen (secondary N) is 1. The summed E-state index contributed by atoms with van der Waals surface area (Å²) >= 11 is 0. The fraction of sp³-hybridized carbons (Fsp3) is 0.385. The first-order valence-corrected chi connectivity index (χ1v) is 5.57. The van der Waals surface area contributed by atoms with Gasteiger partial charge in [0.2, 0.25) is 0 Å². The van der Waals surface area contributed by atoms with Gasteiger partial charge in [-0.1, -0.05) is 19.8 Å². The Morgan fingerprint density at radius 3 is 2.87 bits per heavy atom. The number of rotatable bonds is 4. The van der Waals surface area contributed by atoms with E-state index >= 15 is 0 Å². The molecule has 1 aromatic carbocycles. The Morgan fingerprint density at radius 2 is 2.07 bits per heavy atom. The van der Waals surface area contributed by atoms with Crippen molar-refractivity contribution in [3.05, 3.63) is 35.8 Å². The number of H-pyrrole nitrogens is 1. The van der Waals surface area contributed by atoms with Crippen molar-refractivity contribution < 1.29 is 4.39 Å². The van der Waals surface area contributed by atoms with Crippen LogP contribution in [0.3, 0.4) is 0 Å². The smallest absolute Gasteiger partial charge is 0.123 e. The lowest BCUT2D eigenvalue weighted by molar-refractivity contribution is 0.630. The summed E-state index contributed by atoms with van der Waals surface area (Å²) in [6.07, 6.45) is 4.74. The molecule has 80 valence electrons. The van der Waals surface area contributed by atoms with Gasteiger partial charge in [0.05, 0.1) is 0 Å². The number of aromatic amines is 1. The first-order chi connectivity index (χ1) is 7.29. The molecule has 2 heteroatoms. The highest BCUT2D eigenvalue weighted by Crippen LogP contribution is 2.17. The lowest BCUT2D eigenvalue weighted by atomic mass is 10.1. The van der Waals surface area contributed by atoms with Gasteiger partial charge in [-0.3, -0.25) is 0 Å². The van der Waals surface area contributed by atoms with E-state index in [1.807, 2.05) is 6.07 Å². The van der Waals surface area contributed by atoms with Crippen molar-refractivity contribution >= 4 is 10.9 Å². The van der Waals surface area contributed by atoms with Crippen LogP contribution in [0.25, 0.3) is 10.9 Å². The molecule has 15 heavy (non-hydrogen) atoms. The predicted molar refractivity (Wildman–Crippen MR) is 61.5 cm³/mol. The third-order valence-electron chi connectivity index (χ3n) is 2.69. The van der Waals surface area contributed by atoms with Gasteiger partial charge in [-0.25, -0.2) is 4.39 Å². The third kappa shape index (κ3) is 2.38. The van der Waals surface area contributed by atoms with Crippen LogP contribution >= 0.6 is 0 Å². The van der Waals surface area contributed by atoms with Crippen LogP contribution in [0.5, 0.6) is 0 Å². The number of unbranched alkanes of at least 4 members (excludes halogenated alkanes) is 2. The maximum Gasteiger partial charge on any atom is 0.123 e. The largest absolute Gasteiger partial charge is 0.358 e. The summed E-state index contributed by atoms with van der Waals surface area (Å²) in [5.41, 5.74) is 2.24. The Balaban J connectivity index is 2.16. The van der Waals surface area contributed by atoms with Gasteiger partial charge in [0, 0.05) is 16.6 Å². The van der Waals surface area contributed by atoms with Crippen LogP contribution in [0.15, 0.2) is 24.3 Å². The van der Waals surface area contributed by atoms with E-state index in [0.29, 0.717) is 0 Å². The molecule has 1 nitrogen and oxygen atoms in total. The summed E-state index contributed by atoms with van der Waals surface area (Å²) in [6, 6.07) is 6.92. The van der Waals surface area contributed by atoms with Crippen molar-refractivity contribution in [2.45, 2.75) is 32.6 Å². The molecule has 0 aliphatic heterocycles. The standard InChI is InChI=1S/C13H16FN/c1-2-3-4-5-12-9-10-8-11(14)6-7-13(10)15-12/h6-9,15H,2-5H2,1H3. The number of hydrogen-bond acceptors (Lipinski definition) is 0. The van der Waals surface area contributed by atoms with E-state index in [9.17, 15) is 4.39 Å². The summed E-state index contributed by atoms with van der Waals surface area (Å²) in [5.74, 6) is -0.165. The molecule has 0 fully saturated rings. The number of halogens is 1. The van der Waals surface area contributed by atoms with Crippen LogP contribution in [0.2, 0.25) is 0 Å². The van der Waals surface area contributed by atoms with Crippen LogP contribution in [-0.4, -0.2) is 4.98 Å². The molecule has 2 rings (SSSR count). The van der Waals surface area contributed by atoms with Gasteiger partial charge >= 0.3 is 0 Å². The fourth-order valence-corrected chi connectivity index (χ4v) is 1.86. The van der Waals surface area contributed by atoms with Gasteiger partial charge in [-0.2, -0.15) is 0 Å². The van der Waals surface area contributed by atoms with Crippen LogP contribution < -0.4 is 0 Å². The zero-order chi connectivity index (χ0) is 10.7. The molecule has 0 aliphatic carbocycles. The molecule has 0 aliphatic rings. The molecular weight excluding hydrogens is 189 g/mol. The van der Waals surface area contributed by atoms with Gasteiger partial charge in [0.1, 0.15) is 5.82 Å². The van der Waals surface area contributed by atoms with E-state index in [4.69, 9.17) is 0 Å². The summed E-state index contributed by atoms with van der Waals surface area (Å²) < 4.78 is 12.9. The van der Waals surface area contributed by atoms with E-state index in [0.717, 1.165) is 17.3 Å². The molecule has 1 aromatic heterocycles. The Kier molecular flexibility index (Phi) is 3.05. The number of aryl methyl sites for hydroxylation is 1. The summed E-state index contributed by atoms with van der Waals surface area (Å²) in [7, 11) is 0. The van der Waals surface area contributed by atoms with Gasteiger partial charge in [-0.15, -0.1) is 0 Å². The molecule has 0 saturated carbocycles. The lowest BCUT2D eigenvalue weighted by Crippen LogP contribution is -1.84. The minimum Gasteiger partial charge on any atom is -0.358 e. The molecule has 0 unspecified atom stereocenters. The summed E-state index contributed by atoms with van der Waals surface area (Å²) in [6.45, 7) is 2.20. The highest BCUT2D eigenvalue weighted by molar-refractivity contribution is 5.80. The topological polar surface area (TPSA) is 15.8 Å². The number of fused-ring (bicyclic) bond motifs is 1. The van der Waals surface area contributed by atoms with Gasteiger partial charge in [0.15, 0.2) is 0 Å². The molecule has 0 spiro atoms. The fourth-order valence-electron chi connectivity index (χ4n) is 1.86. The normalized spacial score (nSPS) is 11.1. The SMILES string of the molecule is CCCCCc1cc2cc(F)ccc2[nH]1. The number of benzene rings is 1. The Bertz CT molecular complexity index is 445. The molecule has 0 radical (unpaired) electrons. The first-order valence-electron chi connectivity index (χ1n) is 5.57. The van der Waals surface area contributed by atoms with Crippen LogP contribution in [0.1, 0.15) is 31.9 Å². The van der Waals surface area contributed by atoms with E-state index in [1.54, 1.807) is 12.1 Å². The first kappa shape index (κ1) is 10.2. The lowest BCUT2D eigenvalue weighted by Gasteiger charge is -1.95. The molecule has 2 aromatic rings. The Morgan fingerprint density at radius 1 is 1.20 bits per heavy atom. The van der Waals surface area contributed by atoms with E-state index in [-0.39, 0.29) is 5.82 Å². The van der Waals surface area contributed by atoms with Crippen molar-refractivity contribution in [1.29, 1.82) is 0 Å². The van der Waals surface area contributed by atoms with Crippen molar-refractivity contribution in [3.8, 4) is 0 Å². The highest BCUT2D eigenvalue weighted by atomic mass is 19.1. The van der Waals surface area contributed by atoms with Crippen molar-refractivity contribution in [1.82, 2.24) is 4.98 Å². The number of hydrogen-bond donors (Lipinski definition) is 1. The average molecular weight is 205 g/mol. The van der Waals surface area contributed by atoms with Crippen molar-refractivity contribution in [3.63, 3.8) is 0 Å². The second kappa shape index (κ2) is 4.47. The quantitative estimate of drug-likeness (QED) is 0.725. The van der Waals surface area contributed by atoms with Gasteiger partial charge < -0.3 is 4.98 Å². The van der Waals surface area contributed by atoms with Crippen molar-refractivity contribution in [2.24, 2.45) is 0 Å². The van der Waals surface area contributed by atoms with Gasteiger partial charge in [0.25, 0.3) is 0 Å². The maximum absolute atomic E-state index is 12.9. The average Bonchev–Trinajstić information content (AvgIpc) is 2.60.